The fourth-order valence-corrected chi connectivity index (χ4v) is 7.28. The van der Waals surface area contributed by atoms with Crippen molar-refractivity contribution in [2.45, 2.75) is 64.0 Å². The summed E-state index contributed by atoms with van der Waals surface area (Å²) in [5.74, 6) is -0.482. The van der Waals surface area contributed by atoms with Crippen molar-refractivity contribution in [3.63, 3.8) is 0 Å². The number of ether oxygens (including phenoxy) is 1. The third-order valence-electron chi connectivity index (χ3n) is 8.30. The fourth-order valence-electron chi connectivity index (χ4n) is 5.76. The fraction of sp³-hybridized carbons (Fsp3) is 0.324. The number of amides is 1. The molecule has 1 amide bonds. The molecule has 4 aromatic rings. The van der Waals surface area contributed by atoms with Crippen molar-refractivity contribution in [3.05, 3.63) is 101 Å². The molecule has 2 aromatic carbocycles. The molecule has 1 aliphatic rings. The lowest BCUT2D eigenvalue weighted by Gasteiger charge is -2.25. The SMILES string of the molecule is CCNc1ccc([C@@H](CC(=O)Nc2ccncc2)c2ccc(C)c(CN3C[C@@H](CC)Oc4ncccc4S3(=O)=O)c2)c(C)c1N=N. The molecule has 3 heterocycles. The number of carbonyl (C=O) groups is 1. The van der Waals surface area contributed by atoms with Crippen LogP contribution in [0.25, 0.3) is 0 Å². The number of hydrogen-bond acceptors (Lipinski definition) is 9. The smallest absolute Gasteiger partial charge is 0.248 e. The van der Waals surface area contributed by atoms with Crippen molar-refractivity contribution < 1.29 is 17.9 Å². The van der Waals surface area contributed by atoms with E-state index in [1.54, 1.807) is 30.6 Å². The summed E-state index contributed by atoms with van der Waals surface area (Å²) in [6.07, 6.45) is 5.12. The van der Waals surface area contributed by atoms with Crippen molar-refractivity contribution in [2.75, 3.05) is 23.7 Å². The van der Waals surface area contributed by atoms with E-state index in [4.69, 9.17) is 10.3 Å². The number of rotatable bonds is 11. The summed E-state index contributed by atoms with van der Waals surface area (Å²) in [7, 11) is -3.91. The van der Waals surface area contributed by atoms with Gasteiger partial charge in [-0.1, -0.05) is 31.2 Å². The number of aryl methyl sites for hydroxylation is 1. The van der Waals surface area contributed by atoms with Crippen molar-refractivity contribution in [3.8, 4) is 5.88 Å². The van der Waals surface area contributed by atoms with Crippen LogP contribution in [0.1, 0.15) is 60.4 Å². The number of pyridine rings is 2. The minimum absolute atomic E-state index is 0.0495. The molecule has 2 atom stereocenters. The Morgan fingerprint density at radius 3 is 2.61 bits per heavy atom. The van der Waals surface area contributed by atoms with Crippen molar-refractivity contribution in [1.82, 2.24) is 14.3 Å². The molecule has 0 saturated heterocycles. The van der Waals surface area contributed by atoms with Gasteiger partial charge in [-0.15, -0.1) is 0 Å². The summed E-state index contributed by atoms with van der Waals surface area (Å²) in [6.45, 7) is 8.76. The van der Waals surface area contributed by atoms with Crippen LogP contribution in [-0.4, -0.2) is 47.8 Å². The average Bonchev–Trinajstić information content (AvgIpc) is 3.15. The first-order chi connectivity index (χ1) is 22.2. The highest BCUT2D eigenvalue weighted by Gasteiger charge is 2.35. The summed E-state index contributed by atoms with van der Waals surface area (Å²) in [6, 6.07) is 16.4. The van der Waals surface area contributed by atoms with E-state index in [1.807, 2.05) is 58.0 Å². The Morgan fingerprint density at radius 1 is 1.11 bits per heavy atom. The Morgan fingerprint density at radius 2 is 1.89 bits per heavy atom. The average molecular weight is 642 g/mol. The topological polar surface area (TPSA) is 150 Å². The lowest BCUT2D eigenvalue weighted by molar-refractivity contribution is -0.116. The molecule has 0 bridgehead atoms. The lowest BCUT2D eigenvalue weighted by Crippen LogP contribution is -2.36. The third kappa shape index (κ3) is 6.92. The van der Waals surface area contributed by atoms with Crippen LogP contribution in [0.3, 0.4) is 0 Å². The van der Waals surface area contributed by atoms with Gasteiger partial charge in [0.05, 0.1) is 12.2 Å². The molecule has 5 rings (SSSR count). The minimum atomic E-state index is -3.91. The summed E-state index contributed by atoms with van der Waals surface area (Å²) in [5, 5.41) is 10.1. The number of nitrogens with zero attached hydrogens (tertiary/aromatic N) is 4. The first-order valence-corrected chi connectivity index (χ1v) is 16.8. The van der Waals surface area contributed by atoms with E-state index in [0.29, 0.717) is 24.3 Å². The molecule has 12 heteroatoms. The minimum Gasteiger partial charge on any atom is -0.472 e. The van der Waals surface area contributed by atoms with Crippen LogP contribution in [0.15, 0.2) is 83.2 Å². The Labute approximate surface area is 270 Å². The quantitative estimate of drug-likeness (QED) is 0.154. The zero-order valence-electron chi connectivity index (χ0n) is 26.4. The van der Waals surface area contributed by atoms with Crippen LogP contribution in [0.5, 0.6) is 5.88 Å². The number of aromatic nitrogens is 2. The predicted molar refractivity (Wildman–Crippen MR) is 177 cm³/mol. The first kappa shape index (κ1) is 32.7. The Hall–Kier alpha value is -4.68. The van der Waals surface area contributed by atoms with Crippen LogP contribution >= 0.6 is 0 Å². The zero-order valence-corrected chi connectivity index (χ0v) is 27.3. The molecule has 0 saturated carbocycles. The lowest BCUT2D eigenvalue weighted by atomic mass is 9.83. The molecule has 0 unspecified atom stereocenters. The first-order valence-electron chi connectivity index (χ1n) is 15.3. The monoisotopic (exact) mass is 641 g/mol. The van der Waals surface area contributed by atoms with Gasteiger partial charge in [-0.3, -0.25) is 9.78 Å². The predicted octanol–water partition coefficient (Wildman–Crippen LogP) is 6.71. The molecule has 2 aromatic heterocycles. The number of hydrogen-bond donors (Lipinski definition) is 3. The van der Waals surface area contributed by atoms with Crippen LogP contribution in [-0.2, 0) is 21.4 Å². The van der Waals surface area contributed by atoms with E-state index < -0.39 is 15.9 Å². The zero-order chi connectivity index (χ0) is 32.8. The second-order valence-electron chi connectivity index (χ2n) is 11.3. The molecule has 11 nitrogen and oxygen atoms in total. The van der Waals surface area contributed by atoms with E-state index in [-0.39, 0.29) is 42.3 Å². The van der Waals surface area contributed by atoms with Crippen LogP contribution in [0.4, 0.5) is 17.1 Å². The third-order valence-corrected chi connectivity index (χ3v) is 10.1. The van der Waals surface area contributed by atoms with E-state index in [9.17, 15) is 13.2 Å². The molecule has 240 valence electrons. The van der Waals surface area contributed by atoms with Gasteiger partial charge in [-0.25, -0.2) is 18.9 Å². The highest BCUT2D eigenvalue weighted by atomic mass is 32.2. The maximum Gasteiger partial charge on any atom is 0.248 e. The van der Waals surface area contributed by atoms with E-state index in [1.165, 1.54) is 16.6 Å². The van der Waals surface area contributed by atoms with Gasteiger partial charge in [-0.05, 0) is 85.3 Å². The summed E-state index contributed by atoms with van der Waals surface area (Å²) < 4.78 is 35.2. The van der Waals surface area contributed by atoms with Gasteiger partial charge in [0.2, 0.25) is 21.8 Å². The highest BCUT2D eigenvalue weighted by Crippen LogP contribution is 2.39. The number of anilines is 2. The highest BCUT2D eigenvalue weighted by molar-refractivity contribution is 7.89. The van der Waals surface area contributed by atoms with E-state index >= 15 is 0 Å². The Balaban J connectivity index is 1.56. The molecule has 3 N–H and O–H groups in total. The Bertz CT molecular complexity index is 1830. The number of sulfonamides is 1. The van der Waals surface area contributed by atoms with Crippen LogP contribution in [0, 0.1) is 19.4 Å². The number of benzene rings is 2. The van der Waals surface area contributed by atoms with Crippen molar-refractivity contribution >= 4 is 33.0 Å². The maximum absolute atomic E-state index is 13.9. The number of nitrogens with one attached hydrogen (secondary N) is 3. The van der Waals surface area contributed by atoms with Gasteiger partial charge in [0.1, 0.15) is 16.7 Å². The van der Waals surface area contributed by atoms with Gasteiger partial charge >= 0.3 is 0 Å². The molecule has 46 heavy (non-hydrogen) atoms. The normalized spacial score (nSPS) is 16.4. The number of fused-ring (bicyclic) bond motifs is 1. The number of carbonyl (C=O) groups excluding carboxylic acids is 1. The molecule has 0 aliphatic carbocycles. The van der Waals surface area contributed by atoms with Gasteiger partial charge in [0, 0.05) is 49.7 Å². The standard InChI is InChI=1S/C34H39N7O4S/c1-5-27-21-41(46(43,44)31-8-7-15-38-34(31)45-27)20-25-18-24(10-9-22(25)3)29(19-32(42)39-26-13-16-36-17-14-26)28-11-12-30(37-6-2)33(40-35)23(28)4/h7-18,27,29,35,37H,5-6,19-21H2,1-4H3,(H,36,39,42)/t27-,29+/m1/s1. The van der Waals surface area contributed by atoms with E-state index in [0.717, 1.165) is 33.5 Å². The second-order valence-corrected chi connectivity index (χ2v) is 13.2. The van der Waals surface area contributed by atoms with E-state index in [2.05, 4.69) is 25.7 Å². The summed E-state index contributed by atoms with van der Waals surface area (Å²) in [4.78, 5) is 21.8. The van der Waals surface area contributed by atoms with Crippen LogP contribution in [0.2, 0.25) is 0 Å². The largest absolute Gasteiger partial charge is 0.472 e. The summed E-state index contributed by atoms with van der Waals surface area (Å²) in [5.41, 5.74) is 14.0. The molecule has 0 spiro atoms. The van der Waals surface area contributed by atoms with Gasteiger partial charge < -0.3 is 15.4 Å². The van der Waals surface area contributed by atoms with Gasteiger partial charge in [-0.2, -0.15) is 9.42 Å². The molecular weight excluding hydrogens is 602 g/mol. The summed E-state index contributed by atoms with van der Waals surface area (Å²) >= 11 is 0. The van der Waals surface area contributed by atoms with Gasteiger partial charge in [0.15, 0.2) is 0 Å². The van der Waals surface area contributed by atoms with Gasteiger partial charge in [0.25, 0.3) is 0 Å². The Kier molecular flexibility index (Phi) is 10.1. The van der Waals surface area contributed by atoms with Crippen molar-refractivity contribution in [2.24, 2.45) is 5.11 Å². The molecule has 0 fully saturated rings. The van der Waals surface area contributed by atoms with Crippen molar-refractivity contribution in [1.29, 1.82) is 5.53 Å². The van der Waals surface area contributed by atoms with Crippen LogP contribution < -0.4 is 15.4 Å². The molecular formula is C34H39N7O4S. The second kappa shape index (κ2) is 14.2. The maximum atomic E-state index is 13.9. The molecule has 0 radical (unpaired) electrons. The molecule has 1 aliphatic heterocycles.